The van der Waals surface area contributed by atoms with E-state index in [4.69, 9.17) is 4.98 Å². The summed E-state index contributed by atoms with van der Waals surface area (Å²) in [5.41, 5.74) is 5.34. The first-order chi connectivity index (χ1) is 18.2. The number of carbonyl (C=O) groups is 1. The van der Waals surface area contributed by atoms with Crippen molar-refractivity contribution in [3.8, 4) is 6.07 Å². The predicted octanol–water partition coefficient (Wildman–Crippen LogP) is 7.12. The van der Waals surface area contributed by atoms with E-state index in [1.54, 1.807) is 6.08 Å². The van der Waals surface area contributed by atoms with E-state index in [1.165, 1.54) is 29.3 Å². The monoisotopic (exact) mass is 514 g/mol. The van der Waals surface area contributed by atoms with E-state index in [0.717, 1.165) is 48.0 Å². The van der Waals surface area contributed by atoms with Gasteiger partial charge in [0.1, 0.15) is 11.7 Å². The molecule has 0 radical (unpaired) electrons. The topological polar surface area (TPSA) is 70.7 Å². The maximum atomic E-state index is 12.9. The average Bonchev–Trinajstić information content (AvgIpc) is 3.20. The molecule has 1 amide bonds. The lowest BCUT2D eigenvalue weighted by molar-refractivity contribution is -0.137. The zero-order chi connectivity index (χ0) is 27.0. The van der Waals surface area contributed by atoms with Gasteiger partial charge in [0.2, 0.25) is 5.91 Å². The van der Waals surface area contributed by atoms with Gasteiger partial charge < -0.3 is 9.88 Å². The second kappa shape index (κ2) is 9.82. The van der Waals surface area contributed by atoms with Crippen LogP contribution in [0.2, 0.25) is 0 Å². The van der Waals surface area contributed by atoms with Gasteiger partial charge >= 0.3 is 6.18 Å². The van der Waals surface area contributed by atoms with Gasteiger partial charge in [0, 0.05) is 22.8 Å². The van der Waals surface area contributed by atoms with Crippen LogP contribution in [0.3, 0.4) is 0 Å². The fourth-order valence-corrected chi connectivity index (χ4v) is 5.33. The van der Waals surface area contributed by atoms with Crippen molar-refractivity contribution in [2.24, 2.45) is 0 Å². The summed E-state index contributed by atoms with van der Waals surface area (Å²) in [5, 5.41) is 13.5. The summed E-state index contributed by atoms with van der Waals surface area (Å²) in [6.45, 7) is 3.86. The highest BCUT2D eigenvalue weighted by Crippen LogP contribution is 2.39. The van der Waals surface area contributed by atoms with Crippen LogP contribution in [0.15, 0.2) is 60.7 Å². The number of pyridine rings is 1. The highest BCUT2D eigenvalue weighted by Gasteiger charge is 2.30. The van der Waals surface area contributed by atoms with Gasteiger partial charge in [0.15, 0.2) is 0 Å². The summed E-state index contributed by atoms with van der Waals surface area (Å²) in [5.74, 6) is -0.518. The van der Waals surface area contributed by atoms with Crippen molar-refractivity contribution in [3.05, 3.63) is 99.9 Å². The first-order valence-electron chi connectivity index (χ1n) is 12.3. The lowest BCUT2D eigenvalue weighted by Gasteiger charge is -2.28. The molecule has 2 heterocycles. The number of anilines is 1. The zero-order valence-corrected chi connectivity index (χ0v) is 20.9. The smallest absolute Gasteiger partial charge is 0.323 e. The SMILES string of the molecule is Cc1cc(C)c2c(C#N)c(C=CC(=O)Nc3ccc(C(F)(F)F)cc3)n([C@H]3CCCc4ccccc43)c2n1. The molecule has 0 unspecified atom stereocenters. The number of nitrogens with one attached hydrogen (secondary N) is 1. The number of halogens is 3. The minimum Gasteiger partial charge on any atom is -0.323 e. The maximum absolute atomic E-state index is 12.9. The quantitative estimate of drug-likeness (QED) is 0.295. The molecule has 5 nitrogen and oxygen atoms in total. The number of nitrogens with zero attached hydrogens (tertiary/aromatic N) is 3. The van der Waals surface area contributed by atoms with Crippen molar-refractivity contribution in [3.63, 3.8) is 0 Å². The average molecular weight is 515 g/mol. The fraction of sp³-hybridized carbons (Fsp3) is 0.233. The van der Waals surface area contributed by atoms with Gasteiger partial charge in [-0.05, 0) is 86.2 Å². The van der Waals surface area contributed by atoms with Gasteiger partial charge in [0.25, 0.3) is 0 Å². The third-order valence-corrected chi connectivity index (χ3v) is 6.95. The Morgan fingerprint density at radius 3 is 2.61 bits per heavy atom. The number of aromatic nitrogens is 2. The Morgan fingerprint density at radius 2 is 1.89 bits per heavy atom. The Hall–Kier alpha value is -4.38. The molecular weight excluding hydrogens is 489 g/mol. The van der Waals surface area contributed by atoms with Crippen LogP contribution in [-0.2, 0) is 17.4 Å². The number of aryl methyl sites for hydroxylation is 3. The second-order valence-electron chi connectivity index (χ2n) is 9.53. The molecule has 1 atom stereocenters. The summed E-state index contributed by atoms with van der Waals surface area (Å²) in [4.78, 5) is 17.6. The Kier molecular flexibility index (Phi) is 6.53. The van der Waals surface area contributed by atoms with Crippen LogP contribution in [0.25, 0.3) is 17.1 Å². The van der Waals surface area contributed by atoms with Gasteiger partial charge in [-0.3, -0.25) is 4.79 Å². The van der Waals surface area contributed by atoms with Crippen molar-refractivity contribution in [2.45, 2.75) is 45.3 Å². The molecule has 5 rings (SSSR count). The highest BCUT2D eigenvalue weighted by atomic mass is 19.4. The van der Waals surface area contributed by atoms with E-state index in [9.17, 15) is 23.2 Å². The lowest BCUT2D eigenvalue weighted by atomic mass is 9.87. The fourth-order valence-electron chi connectivity index (χ4n) is 5.33. The zero-order valence-electron chi connectivity index (χ0n) is 20.9. The number of amides is 1. The number of hydrogen-bond donors (Lipinski definition) is 1. The minimum absolute atomic E-state index is 0.0594. The van der Waals surface area contributed by atoms with Crippen LogP contribution < -0.4 is 5.32 Å². The molecule has 192 valence electrons. The van der Waals surface area contributed by atoms with Crippen molar-refractivity contribution in [1.29, 1.82) is 5.26 Å². The molecule has 2 aromatic carbocycles. The van der Waals surface area contributed by atoms with Gasteiger partial charge in [-0.2, -0.15) is 18.4 Å². The predicted molar refractivity (Wildman–Crippen MR) is 141 cm³/mol. The van der Waals surface area contributed by atoms with Crippen LogP contribution in [0.1, 0.15) is 58.1 Å². The second-order valence-corrected chi connectivity index (χ2v) is 9.53. The summed E-state index contributed by atoms with van der Waals surface area (Å²) in [6.07, 6.45) is 1.27. The van der Waals surface area contributed by atoms with Crippen LogP contribution in [-0.4, -0.2) is 15.5 Å². The molecule has 0 fully saturated rings. The van der Waals surface area contributed by atoms with E-state index < -0.39 is 17.6 Å². The van der Waals surface area contributed by atoms with Crippen LogP contribution in [0, 0.1) is 25.2 Å². The van der Waals surface area contributed by atoms with Crippen molar-refractivity contribution < 1.29 is 18.0 Å². The Labute approximate surface area is 218 Å². The normalized spacial score (nSPS) is 15.4. The van der Waals surface area contributed by atoms with Crippen molar-refractivity contribution in [1.82, 2.24) is 9.55 Å². The van der Waals surface area contributed by atoms with E-state index in [0.29, 0.717) is 16.9 Å². The number of benzene rings is 2. The number of hydrogen-bond acceptors (Lipinski definition) is 3. The van der Waals surface area contributed by atoms with Crippen molar-refractivity contribution in [2.75, 3.05) is 5.32 Å². The Bertz CT molecular complexity index is 1610. The van der Waals surface area contributed by atoms with E-state index in [1.807, 2.05) is 32.0 Å². The van der Waals surface area contributed by atoms with Gasteiger partial charge in [-0.1, -0.05) is 24.3 Å². The van der Waals surface area contributed by atoms with E-state index in [2.05, 4.69) is 28.1 Å². The van der Waals surface area contributed by atoms with Crippen LogP contribution in [0.5, 0.6) is 0 Å². The Morgan fingerprint density at radius 1 is 1.16 bits per heavy atom. The molecule has 0 saturated heterocycles. The summed E-state index contributed by atoms with van der Waals surface area (Å²) in [7, 11) is 0. The summed E-state index contributed by atoms with van der Waals surface area (Å²) < 4.78 is 40.6. The molecule has 0 bridgehead atoms. The number of carbonyl (C=O) groups excluding carboxylic acids is 1. The number of fused-ring (bicyclic) bond motifs is 2. The summed E-state index contributed by atoms with van der Waals surface area (Å²) >= 11 is 0. The minimum atomic E-state index is -4.45. The highest BCUT2D eigenvalue weighted by molar-refractivity contribution is 6.03. The van der Waals surface area contributed by atoms with Gasteiger partial charge in [-0.15, -0.1) is 0 Å². The molecule has 0 saturated carbocycles. The molecule has 38 heavy (non-hydrogen) atoms. The molecular formula is C30H25F3N4O. The van der Waals surface area contributed by atoms with E-state index in [-0.39, 0.29) is 11.7 Å². The number of nitriles is 1. The Balaban J connectivity index is 1.58. The molecule has 0 spiro atoms. The number of rotatable bonds is 4. The molecule has 4 aromatic rings. The maximum Gasteiger partial charge on any atom is 0.416 e. The van der Waals surface area contributed by atoms with Gasteiger partial charge in [-0.25, -0.2) is 4.98 Å². The standard InChI is InChI=1S/C30H25F3N4O/c1-18-16-19(2)35-29-28(18)24(17-34)26(37(29)25-9-5-7-20-6-3-4-8-23(20)25)14-15-27(38)36-22-12-10-21(11-13-22)30(31,32)33/h3-4,6,8,10-16,25H,5,7,9H2,1-2H3,(H,36,38)/t25-/m0/s1. The molecule has 1 N–H and O–H groups in total. The van der Waals surface area contributed by atoms with Crippen LogP contribution in [0.4, 0.5) is 18.9 Å². The first kappa shape index (κ1) is 25.3. The molecule has 1 aliphatic carbocycles. The number of alkyl halides is 3. The molecule has 2 aromatic heterocycles. The van der Waals surface area contributed by atoms with Crippen molar-refractivity contribution >= 4 is 28.7 Å². The third kappa shape index (κ3) is 4.68. The summed E-state index contributed by atoms with van der Waals surface area (Å²) in [6, 6.07) is 16.7. The lowest BCUT2D eigenvalue weighted by Crippen LogP contribution is -2.19. The molecule has 8 heteroatoms. The largest absolute Gasteiger partial charge is 0.416 e. The third-order valence-electron chi connectivity index (χ3n) is 6.95. The van der Waals surface area contributed by atoms with E-state index >= 15 is 0 Å². The molecule has 1 aliphatic rings. The van der Waals surface area contributed by atoms with Crippen LogP contribution >= 0.6 is 0 Å². The molecule has 0 aliphatic heterocycles. The van der Waals surface area contributed by atoms with Gasteiger partial charge in [0.05, 0.1) is 22.9 Å². The first-order valence-corrected chi connectivity index (χ1v) is 12.3.